The molecule has 6 nitrogen and oxygen atoms in total. The molecule has 1 amide bonds. The van der Waals surface area contributed by atoms with Crippen LogP contribution in [-0.2, 0) is 29.9 Å². The molecule has 27 heavy (non-hydrogen) atoms. The van der Waals surface area contributed by atoms with Crippen LogP contribution in [0.25, 0.3) is 10.2 Å². The van der Waals surface area contributed by atoms with E-state index in [-0.39, 0.29) is 11.5 Å². The SMILES string of the molecule is O=C(CCSCc1nc2sc3c(c2c(=O)[nH]1)CCC3)NCc1cccnc1. The summed E-state index contributed by atoms with van der Waals surface area (Å²) in [4.78, 5) is 38.1. The Balaban J connectivity index is 1.27. The molecular formula is C19H20N4O2S2. The zero-order valence-electron chi connectivity index (χ0n) is 14.8. The predicted octanol–water partition coefficient (Wildman–Crippen LogP) is 2.81. The Bertz CT molecular complexity index is 1010. The molecule has 3 aromatic rings. The molecule has 0 atom stereocenters. The number of fused-ring (bicyclic) bond motifs is 3. The number of hydrogen-bond acceptors (Lipinski definition) is 6. The molecule has 0 unspecified atom stereocenters. The molecule has 0 aromatic carbocycles. The number of carbonyl (C=O) groups excluding carboxylic acids is 1. The van der Waals surface area contributed by atoms with Crippen molar-refractivity contribution >= 4 is 39.2 Å². The highest BCUT2D eigenvalue weighted by Gasteiger charge is 2.21. The monoisotopic (exact) mass is 400 g/mol. The third-order valence-electron chi connectivity index (χ3n) is 4.55. The van der Waals surface area contributed by atoms with Crippen LogP contribution in [0.1, 0.15) is 34.7 Å². The number of nitrogens with one attached hydrogen (secondary N) is 2. The smallest absolute Gasteiger partial charge is 0.259 e. The summed E-state index contributed by atoms with van der Waals surface area (Å²) >= 11 is 3.26. The van der Waals surface area contributed by atoms with E-state index in [2.05, 4.69) is 20.3 Å². The second kappa shape index (κ2) is 8.22. The van der Waals surface area contributed by atoms with Gasteiger partial charge in [0.25, 0.3) is 5.56 Å². The molecule has 3 aromatic heterocycles. The minimum atomic E-state index is -0.0239. The summed E-state index contributed by atoms with van der Waals surface area (Å²) in [6.07, 6.45) is 7.08. The fraction of sp³-hybridized carbons (Fsp3) is 0.368. The molecule has 0 spiro atoms. The van der Waals surface area contributed by atoms with E-state index in [9.17, 15) is 9.59 Å². The summed E-state index contributed by atoms with van der Waals surface area (Å²) in [6.45, 7) is 0.492. The van der Waals surface area contributed by atoms with Gasteiger partial charge in [0.2, 0.25) is 5.91 Å². The van der Waals surface area contributed by atoms with Crippen molar-refractivity contribution in [2.45, 2.75) is 38.0 Å². The Morgan fingerprint density at radius 3 is 3.15 bits per heavy atom. The minimum Gasteiger partial charge on any atom is -0.352 e. The van der Waals surface area contributed by atoms with Gasteiger partial charge in [-0.3, -0.25) is 14.6 Å². The van der Waals surface area contributed by atoms with Crippen LogP contribution >= 0.6 is 23.1 Å². The third-order valence-corrected chi connectivity index (χ3v) is 6.70. The number of rotatable bonds is 7. The molecule has 8 heteroatoms. The number of thioether (sulfide) groups is 1. The van der Waals surface area contributed by atoms with Gasteiger partial charge >= 0.3 is 0 Å². The van der Waals surface area contributed by atoms with E-state index in [1.807, 2.05) is 12.1 Å². The third kappa shape index (κ3) is 4.22. The van der Waals surface area contributed by atoms with E-state index in [1.165, 1.54) is 10.4 Å². The number of nitrogens with zero attached hydrogens (tertiary/aromatic N) is 2. The van der Waals surface area contributed by atoms with Crippen LogP contribution in [0.2, 0.25) is 0 Å². The highest BCUT2D eigenvalue weighted by atomic mass is 32.2. The second-order valence-corrected chi connectivity index (χ2v) is 8.68. The Hall–Kier alpha value is -2.19. The Morgan fingerprint density at radius 1 is 1.37 bits per heavy atom. The van der Waals surface area contributed by atoms with Crippen LogP contribution in [0.3, 0.4) is 0 Å². The first-order valence-corrected chi connectivity index (χ1v) is 10.9. The van der Waals surface area contributed by atoms with Crippen molar-refractivity contribution in [2.24, 2.45) is 0 Å². The lowest BCUT2D eigenvalue weighted by Gasteiger charge is -2.05. The first-order chi connectivity index (χ1) is 13.2. The molecule has 0 fully saturated rings. The first kappa shape index (κ1) is 18.2. The van der Waals surface area contributed by atoms with E-state index in [4.69, 9.17) is 0 Å². The summed E-state index contributed by atoms with van der Waals surface area (Å²) in [5.41, 5.74) is 2.16. The Labute approximate surface area is 164 Å². The number of carbonyl (C=O) groups is 1. The van der Waals surface area contributed by atoms with Crippen molar-refractivity contribution in [3.63, 3.8) is 0 Å². The zero-order valence-corrected chi connectivity index (χ0v) is 16.4. The lowest BCUT2D eigenvalue weighted by molar-refractivity contribution is -0.120. The maximum absolute atomic E-state index is 12.4. The van der Waals surface area contributed by atoms with Crippen molar-refractivity contribution in [2.75, 3.05) is 5.75 Å². The molecule has 0 saturated carbocycles. The topological polar surface area (TPSA) is 87.7 Å². The highest BCUT2D eigenvalue weighted by molar-refractivity contribution is 7.98. The van der Waals surface area contributed by atoms with E-state index in [0.29, 0.717) is 30.3 Å². The average molecular weight is 401 g/mol. The number of aromatic nitrogens is 3. The summed E-state index contributed by atoms with van der Waals surface area (Å²) in [6, 6.07) is 3.78. The van der Waals surface area contributed by atoms with Gasteiger partial charge in [-0.2, -0.15) is 11.8 Å². The van der Waals surface area contributed by atoms with Crippen molar-refractivity contribution in [3.05, 3.63) is 56.7 Å². The highest BCUT2D eigenvalue weighted by Crippen LogP contribution is 2.34. The number of aryl methyl sites for hydroxylation is 2. The maximum Gasteiger partial charge on any atom is 0.259 e. The van der Waals surface area contributed by atoms with E-state index < -0.39 is 0 Å². The van der Waals surface area contributed by atoms with Crippen LogP contribution in [0.15, 0.2) is 29.3 Å². The molecule has 3 heterocycles. The normalized spacial score (nSPS) is 13.0. The van der Waals surface area contributed by atoms with Gasteiger partial charge in [0.1, 0.15) is 10.7 Å². The first-order valence-electron chi connectivity index (χ1n) is 8.97. The molecule has 2 N–H and O–H groups in total. The van der Waals surface area contributed by atoms with Crippen molar-refractivity contribution in [1.82, 2.24) is 20.3 Å². The predicted molar refractivity (Wildman–Crippen MR) is 109 cm³/mol. The summed E-state index contributed by atoms with van der Waals surface area (Å²) < 4.78 is 0. The molecule has 0 radical (unpaired) electrons. The van der Waals surface area contributed by atoms with Crippen LogP contribution in [0.5, 0.6) is 0 Å². The molecule has 0 saturated heterocycles. The van der Waals surface area contributed by atoms with Gasteiger partial charge in [-0.25, -0.2) is 4.98 Å². The second-order valence-electron chi connectivity index (χ2n) is 6.49. The number of amides is 1. The van der Waals surface area contributed by atoms with Gasteiger partial charge in [-0.1, -0.05) is 6.07 Å². The summed E-state index contributed by atoms with van der Waals surface area (Å²) in [7, 11) is 0. The van der Waals surface area contributed by atoms with Crippen LogP contribution in [0.4, 0.5) is 0 Å². The lowest BCUT2D eigenvalue weighted by Crippen LogP contribution is -2.23. The number of thiophene rings is 1. The number of pyridine rings is 1. The van der Waals surface area contributed by atoms with Crippen molar-refractivity contribution < 1.29 is 4.79 Å². The van der Waals surface area contributed by atoms with E-state index in [0.717, 1.165) is 35.0 Å². The van der Waals surface area contributed by atoms with Gasteiger partial charge < -0.3 is 10.3 Å². The van der Waals surface area contributed by atoms with Crippen molar-refractivity contribution in [1.29, 1.82) is 0 Å². The van der Waals surface area contributed by atoms with Gasteiger partial charge in [-0.05, 0) is 36.5 Å². The average Bonchev–Trinajstić information content (AvgIpc) is 3.25. The summed E-state index contributed by atoms with van der Waals surface area (Å²) in [5, 5.41) is 3.68. The Morgan fingerprint density at radius 2 is 2.30 bits per heavy atom. The molecule has 140 valence electrons. The number of aromatic amines is 1. The molecule has 4 rings (SSSR count). The lowest BCUT2D eigenvalue weighted by atomic mass is 10.2. The minimum absolute atomic E-state index is 0.0120. The van der Waals surface area contributed by atoms with Crippen LogP contribution < -0.4 is 10.9 Å². The van der Waals surface area contributed by atoms with E-state index >= 15 is 0 Å². The molecule has 1 aliphatic rings. The molecule has 0 aliphatic heterocycles. The van der Waals surface area contributed by atoms with E-state index in [1.54, 1.807) is 35.5 Å². The maximum atomic E-state index is 12.4. The van der Waals surface area contributed by atoms with Gasteiger partial charge in [-0.15, -0.1) is 11.3 Å². The summed E-state index contributed by atoms with van der Waals surface area (Å²) in [5.74, 6) is 1.98. The zero-order chi connectivity index (χ0) is 18.6. The molecular weight excluding hydrogens is 380 g/mol. The molecule has 0 bridgehead atoms. The largest absolute Gasteiger partial charge is 0.352 e. The molecule has 1 aliphatic carbocycles. The fourth-order valence-electron chi connectivity index (χ4n) is 3.24. The fourth-order valence-corrected chi connectivity index (χ4v) is 5.33. The van der Waals surface area contributed by atoms with Crippen molar-refractivity contribution in [3.8, 4) is 0 Å². The van der Waals surface area contributed by atoms with Gasteiger partial charge in [0.15, 0.2) is 0 Å². The van der Waals surface area contributed by atoms with Gasteiger partial charge in [0, 0.05) is 36.0 Å². The van der Waals surface area contributed by atoms with Crippen LogP contribution in [-0.4, -0.2) is 26.6 Å². The number of H-pyrrole nitrogens is 1. The number of hydrogen-bond donors (Lipinski definition) is 2. The van der Waals surface area contributed by atoms with Gasteiger partial charge in [0.05, 0.1) is 11.1 Å². The Kier molecular flexibility index (Phi) is 5.54. The quantitative estimate of drug-likeness (QED) is 0.596. The van der Waals surface area contributed by atoms with Crippen LogP contribution in [0, 0.1) is 0 Å². The standard InChI is InChI=1S/C19H20N4O2S2/c24-16(21-10-12-3-2-7-20-9-12)6-8-26-11-15-22-18(25)17-13-4-1-5-14(13)27-19(17)23-15/h2-3,7,9H,1,4-6,8,10-11H2,(H,21,24)(H,22,23,25).